The quantitative estimate of drug-likeness (QED) is 0.565. The standard InChI is InChI=1S/C20H14N2S/c1-3-14-4-9-17-11-18(23-20(17)10-14)12-19(22-2)16-7-5-15(13-21)6-8-16/h4-12H,3H2,1H3/b19-12-. The van der Waals surface area contributed by atoms with Crippen LogP contribution < -0.4 is 0 Å². The number of hydrogen-bond acceptors (Lipinski definition) is 2. The van der Waals surface area contributed by atoms with Crippen LogP contribution in [0.4, 0.5) is 0 Å². The van der Waals surface area contributed by atoms with Crippen molar-refractivity contribution in [2.45, 2.75) is 13.3 Å². The van der Waals surface area contributed by atoms with Crippen molar-refractivity contribution in [2.75, 3.05) is 0 Å². The normalized spacial score (nSPS) is 11.2. The van der Waals surface area contributed by atoms with Crippen molar-refractivity contribution in [1.29, 1.82) is 5.26 Å². The van der Waals surface area contributed by atoms with E-state index in [1.165, 1.54) is 15.6 Å². The molecule has 0 fully saturated rings. The molecule has 1 aromatic heterocycles. The van der Waals surface area contributed by atoms with Crippen LogP contribution in [0, 0.1) is 17.9 Å². The molecule has 0 spiro atoms. The summed E-state index contributed by atoms with van der Waals surface area (Å²) in [6, 6.07) is 17.9. The Morgan fingerprint density at radius 3 is 2.65 bits per heavy atom. The van der Waals surface area contributed by atoms with Crippen LogP contribution in [0.2, 0.25) is 0 Å². The maximum atomic E-state index is 8.86. The van der Waals surface area contributed by atoms with Gasteiger partial charge in [-0.15, -0.1) is 11.3 Å². The SMILES string of the molecule is [C-]#[N+]/C(=C\c1cc2ccc(CC)cc2s1)c1ccc(C#N)cc1. The summed E-state index contributed by atoms with van der Waals surface area (Å²) < 4.78 is 1.25. The van der Waals surface area contributed by atoms with Crippen molar-refractivity contribution in [1.82, 2.24) is 0 Å². The van der Waals surface area contributed by atoms with E-state index in [1.54, 1.807) is 23.5 Å². The average molecular weight is 314 g/mol. The van der Waals surface area contributed by atoms with Gasteiger partial charge >= 0.3 is 0 Å². The molecule has 0 N–H and O–H groups in total. The number of rotatable bonds is 3. The molecular weight excluding hydrogens is 300 g/mol. The maximum absolute atomic E-state index is 8.86. The highest BCUT2D eigenvalue weighted by Crippen LogP contribution is 2.30. The fourth-order valence-electron chi connectivity index (χ4n) is 2.42. The topological polar surface area (TPSA) is 28.1 Å². The molecule has 0 amide bonds. The van der Waals surface area contributed by atoms with E-state index >= 15 is 0 Å². The number of nitriles is 1. The molecule has 3 rings (SSSR count). The average Bonchev–Trinajstić information content (AvgIpc) is 3.01. The van der Waals surface area contributed by atoms with Crippen LogP contribution in [0.3, 0.4) is 0 Å². The van der Waals surface area contributed by atoms with Crippen molar-refractivity contribution < 1.29 is 0 Å². The lowest BCUT2D eigenvalue weighted by Gasteiger charge is -1.98. The summed E-state index contributed by atoms with van der Waals surface area (Å²) in [4.78, 5) is 4.72. The van der Waals surface area contributed by atoms with Crippen LogP contribution in [-0.4, -0.2) is 0 Å². The van der Waals surface area contributed by atoms with Crippen LogP contribution in [0.5, 0.6) is 0 Å². The first-order valence-corrected chi connectivity index (χ1v) is 8.17. The largest absolute Gasteiger partial charge is 0.237 e. The van der Waals surface area contributed by atoms with E-state index in [4.69, 9.17) is 11.8 Å². The first-order valence-electron chi connectivity index (χ1n) is 7.35. The van der Waals surface area contributed by atoms with Gasteiger partial charge in [-0.05, 0) is 53.3 Å². The summed E-state index contributed by atoms with van der Waals surface area (Å²) in [6.45, 7) is 9.59. The van der Waals surface area contributed by atoms with E-state index < -0.39 is 0 Å². The second kappa shape index (κ2) is 6.48. The molecule has 0 saturated heterocycles. The van der Waals surface area contributed by atoms with Gasteiger partial charge in [-0.1, -0.05) is 31.2 Å². The highest BCUT2D eigenvalue weighted by Gasteiger charge is 2.05. The van der Waals surface area contributed by atoms with E-state index in [1.807, 2.05) is 18.2 Å². The minimum Gasteiger partial charge on any atom is -0.237 e. The van der Waals surface area contributed by atoms with Gasteiger partial charge in [-0.3, -0.25) is 0 Å². The Morgan fingerprint density at radius 2 is 2.00 bits per heavy atom. The van der Waals surface area contributed by atoms with Crippen molar-refractivity contribution in [3.8, 4) is 6.07 Å². The van der Waals surface area contributed by atoms with Crippen LogP contribution in [-0.2, 0) is 6.42 Å². The zero-order chi connectivity index (χ0) is 16.2. The van der Waals surface area contributed by atoms with Gasteiger partial charge in [0.2, 0.25) is 0 Å². The van der Waals surface area contributed by atoms with Crippen LogP contribution in [0.25, 0.3) is 26.7 Å². The monoisotopic (exact) mass is 314 g/mol. The molecule has 23 heavy (non-hydrogen) atoms. The zero-order valence-corrected chi connectivity index (χ0v) is 13.5. The summed E-state index contributed by atoms with van der Waals surface area (Å²) >= 11 is 1.70. The molecule has 3 aromatic rings. The Balaban J connectivity index is 2.00. The molecule has 0 unspecified atom stereocenters. The molecule has 0 atom stereocenters. The second-order valence-electron chi connectivity index (χ2n) is 5.21. The van der Waals surface area contributed by atoms with Crippen molar-refractivity contribution in [3.05, 3.63) is 81.5 Å². The Morgan fingerprint density at radius 1 is 1.22 bits per heavy atom. The lowest BCUT2D eigenvalue weighted by atomic mass is 10.1. The zero-order valence-electron chi connectivity index (χ0n) is 12.7. The van der Waals surface area contributed by atoms with E-state index in [0.717, 1.165) is 16.9 Å². The summed E-state index contributed by atoms with van der Waals surface area (Å²) in [6.07, 6.45) is 2.95. The first kappa shape index (κ1) is 15.0. The van der Waals surface area contributed by atoms with Gasteiger partial charge < -0.3 is 0 Å². The van der Waals surface area contributed by atoms with Crippen LogP contribution in [0.1, 0.15) is 28.5 Å². The summed E-state index contributed by atoms with van der Waals surface area (Å²) in [5, 5.41) is 10.1. The van der Waals surface area contributed by atoms with Gasteiger partial charge in [0.1, 0.15) is 0 Å². The lowest BCUT2D eigenvalue weighted by molar-refractivity contribution is 1.15. The van der Waals surface area contributed by atoms with Gasteiger partial charge in [0.25, 0.3) is 0 Å². The molecule has 1 heterocycles. The number of aryl methyl sites for hydroxylation is 1. The predicted octanol–water partition coefficient (Wildman–Crippen LogP) is 5.75. The number of nitrogens with zero attached hydrogens (tertiary/aromatic N) is 2. The number of hydrogen-bond donors (Lipinski definition) is 0. The molecule has 0 aliphatic heterocycles. The second-order valence-corrected chi connectivity index (χ2v) is 6.32. The Kier molecular flexibility index (Phi) is 4.24. The number of benzene rings is 2. The molecule has 0 bridgehead atoms. The fourth-order valence-corrected chi connectivity index (χ4v) is 3.48. The van der Waals surface area contributed by atoms with Crippen molar-refractivity contribution >= 4 is 33.2 Å². The molecule has 0 radical (unpaired) electrons. The lowest BCUT2D eigenvalue weighted by Crippen LogP contribution is -1.80. The summed E-state index contributed by atoms with van der Waals surface area (Å²) in [5.74, 6) is 0. The third-order valence-electron chi connectivity index (χ3n) is 3.72. The minimum atomic E-state index is 0.594. The Bertz CT molecular complexity index is 964. The third kappa shape index (κ3) is 3.16. The van der Waals surface area contributed by atoms with E-state index in [9.17, 15) is 0 Å². The van der Waals surface area contributed by atoms with E-state index in [2.05, 4.69) is 42.1 Å². The fraction of sp³-hybridized carbons (Fsp3) is 0.100. The number of fused-ring (bicyclic) bond motifs is 1. The molecule has 0 aliphatic carbocycles. The molecule has 0 saturated carbocycles. The molecule has 110 valence electrons. The third-order valence-corrected chi connectivity index (χ3v) is 4.77. The van der Waals surface area contributed by atoms with E-state index in [0.29, 0.717) is 11.3 Å². The number of thiophene rings is 1. The van der Waals surface area contributed by atoms with E-state index in [-0.39, 0.29) is 0 Å². The van der Waals surface area contributed by atoms with Gasteiger partial charge in [-0.2, -0.15) is 5.26 Å². The molecular formula is C20H14N2S. The van der Waals surface area contributed by atoms with Crippen molar-refractivity contribution in [2.24, 2.45) is 0 Å². The Hall–Kier alpha value is -2.88. The summed E-state index contributed by atoms with van der Waals surface area (Å²) in [5.41, 5.74) is 3.36. The van der Waals surface area contributed by atoms with Crippen molar-refractivity contribution in [3.63, 3.8) is 0 Å². The highest BCUT2D eigenvalue weighted by molar-refractivity contribution is 7.19. The first-order chi connectivity index (χ1) is 11.2. The van der Waals surface area contributed by atoms with Gasteiger partial charge in [0.05, 0.1) is 18.2 Å². The molecule has 2 nitrogen and oxygen atoms in total. The van der Waals surface area contributed by atoms with Gasteiger partial charge in [-0.25, -0.2) is 4.85 Å². The van der Waals surface area contributed by atoms with Gasteiger partial charge in [0.15, 0.2) is 5.70 Å². The molecule has 3 heteroatoms. The minimum absolute atomic E-state index is 0.594. The summed E-state index contributed by atoms with van der Waals surface area (Å²) in [7, 11) is 0. The molecule has 2 aromatic carbocycles. The van der Waals surface area contributed by atoms with Crippen LogP contribution in [0.15, 0.2) is 48.5 Å². The molecule has 0 aliphatic rings. The highest BCUT2D eigenvalue weighted by atomic mass is 32.1. The predicted molar refractivity (Wildman–Crippen MR) is 96.8 cm³/mol. The maximum Gasteiger partial charge on any atom is 0.195 e. The van der Waals surface area contributed by atoms with Crippen LogP contribution >= 0.6 is 11.3 Å². The van der Waals surface area contributed by atoms with Gasteiger partial charge in [0, 0.05) is 9.58 Å². The Labute approximate surface area is 139 Å². The smallest absolute Gasteiger partial charge is 0.195 e.